The van der Waals surface area contributed by atoms with E-state index >= 15 is 0 Å². The highest BCUT2D eigenvalue weighted by atomic mass is 32.2. The predicted octanol–water partition coefficient (Wildman–Crippen LogP) is 1.20. The fourth-order valence-corrected chi connectivity index (χ4v) is 3.51. The molecule has 1 heterocycles. The van der Waals surface area contributed by atoms with Gasteiger partial charge in [0.1, 0.15) is 5.75 Å². The Labute approximate surface area is 137 Å². The van der Waals surface area contributed by atoms with Gasteiger partial charge in [0.05, 0.1) is 6.61 Å². The summed E-state index contributed by atoms with van der Waals surface area (Å²) in [6.07, 6.45) is 1.02. The Kier molecular flexibility index (Phi) is 5.97. The van der Waals surface area contributed by atoms with Gasteiger partial charge in [0.25, 0.3) is 10.2 Å². The number of amides is 1. The number of carbonyl (C=O) groups is 1. The number of rotatable bonds is 6. The molecule has 1 aliphatic heterocycles. The maximum absolute atomic E-state index is 12.3. The van der Waals surface area contributed by atoms with Crippen LogP contribution in [0.2, 0.25) is 0 Å². The monoisotopic (exact) mass is 341 g/mol. The summed E-state index contributed by atoms with van der Waals surface area (Å²) in [7, 11) is -2.02. The van der Waals surface area contributed by atoms with Crippen LogP contribution in [0.5, 0.6) is 5.75 Å². The molecule has 0 aromatic heterocycles. The summed E-state index contributed by atoms with van der Waals surface area (Å²) in [5.41, 5.74) is 0.686. The van der Waals surface area contributed by atoms with Crippen LogP contribution >= 0.6 is 0 Å². The van der Waals surface area contributed by atoms with Gasteiger partial charge in [-0.1, -0.05) is 6.07 Å². The molecule has 0 unspecified atom stereocenters. The van der Waals surface area contributed by atoms with Crippen LogP contribution in [-0.4, -0.2) is 45.4 Å². The molecule has 1 saturated heterocycles. The molecule has 1 amide bonds. The summed E-state index contributed by atoms with van der Waals surface area (Å²) in [5.74, 6) is 0.439. The second kappa shape index (κ2) is 7.76. The molecule has 0 bridgehead atoms. The zero-order chi connectivity index (χ0) is 16.9. The summed E-state index contributed by atoms with van der Waals surface area (Å²) >= 11 is 0. The minimum atomic E-state index is -3.41. The first-order valence-electron chi connectivity index (χ1n) is 7.68. The first-order chi connectivity index (χ1) is 11.0. The second-order valence-electron chi connectivity index (χ2n) is 5.33. The van der Waals surface area contributed by atoms with Crippen molar-refractivity contribution in [3.8, 4) is 5.75 Å². The van der Waals surface area contributed by atoms with E-state index in [-0.39, 0.29) is 11.8 Å². The van der Waals surface area contributed by atoms with Crippen molar-refractivity contribution < 1.29 is 17.9 Å². The molecule has 7 nitrogen and oxygen atoms in total. The maximum Gasteiger partial charge on any atom is 0.279 e. The molecule has 2 N–H and O–H groups in total. The van der Waals surface area contributed by atoms with E-state index in [0.717, 1.165) is 0 Å². The topological polar surface area (TPSA) is 87.7 Å². The van der Waals surface area contributed by atoms with Crippen molar-refractivity contribution in [1.82, 2.24) is 9.03 Å². The number of hydrogen-bond acceptors (Lipinski definition) is 4. The zero-order valence-electron chi connectivity index (χ0n) is 13.4. The number of carbonyl (C=O) groups excluding carboxylic acids is 1. The third-order valence-corrected chi connectivity index (χ3v) is 5.40. The van der Waals surface area contributed by atoms with E-state index in [1.807, 2.05) is 19.1 Å². The zero-order valence-corrected chi connectivity index (χ0v) is 14.2. The Morgan fingerprint density at radius 3 is 2.65 bits per heavy atom. The Bertz CT molecular complexity index is 640. The highest BCUT2D eigenvalue weighted by Crippen LogP contribution is 2.22. The lowest BCUT2D eigenvalue weighted by Gasteiger charge is -2.30. The van der Waals surface area contributed by atoms with Crippen molar-refractivity contribution in [2.45, 2.75) is 19.8 Å². The van der Waals surface area contributed by atoms with Crippen molar-refractivity contribution in [1.29, 1.82) is 0 Å². The van der Waals surface area contributed by atoms with E-state index < -0.39 is 10.2 Å². The Morgan fingerprint density at radius 1 is 1.35 bits per heavy atom. The van der Waals surface area contributed by atoms with E-state index in [0.29, 0.717) is 44.0 Å². The van der Waals surface area contributed by atoms with Gasteiger partial charge in [0, 0.05) is 37.8 Å². The third kappa shape index (κ3) is 4.66. The van der Waals surface area contributed by atoms with Crippen LogP contribution in [0.15, 0.2) is 24.3 Å². The van der Waals surface area contributed by atoms with Gasteiger partial charge < -0.3 is 10.1 Å². The lowest BCUT2D eigenvalue weighted by Crippen LogP contribution is -2.45. The van der Waals surface area contributed by atoms with E-state index in [1.54, 1.807) is 12.1 Å². The molecule has 0 radical (unpaired) electrons. The van der Waals surface area contributed by atoms with Crippen molar-refractivity contribution in [3.05, 3.63) is 24.3 Å². The summed E-state index contributed by atoms with van der Waals surface area (Å²) in [6, 6.07) is 7.24. The number of nitrogens with zero attached hydrogens (tertiary/aromatic N) is 1. The van der Waals surface area contributed by atoms with E-state index in [4.69, 9.17) is 4.74 Å². The molecule has 0 spiro atoms. The fraction of sp³-hybridized carbons (Fsp3) is 0.533. The van der Waals surface area contributed by atoms with E-state index in [9.17, 15) is 13.2 Å². The molecular weight excluding hydrogens is 318 g/mol. The summed E-state index contributed by atoms with van der Waals surface area (Å²) in [6.45, 7) is 3.16. The minimum absolute atomic E-state index is 0.0832. The van der Waals surface area contributed by atoms with Crippen LogP contribution < -0.4 is 14.8 Å². The van der Waals surface area contributed by atoms with Crippen LogP contribution in [0.25, 0.3) is 0 Å². The largest absolute Gasteiger partial charge is 0.494 e. The normalized spacial score (nSPS) is 17.0. The first-order valence-corrected chi connectivity index (χ1v) is 9.12. The summed E-state index contributed by atoms with van der Waals surface area (Å²) in [4.78, 5) is 12.3. The molecule has 0 aliphatic carbocycles. The quantitative estimate of drug-likeness (QED) is 0.814. The van der Waals surface area contributed by atoms with Crippen molar-refractivity contribution in [3.63, 3.8) is 0 Å². The van der Waals surface area contributed by atoms with Gasteiger partial charge in [-0.25, -0.2) is 4.72 Å². The molecule has 1 fully saturated rings. The number of nitrogens with one attached hydrogen (secondary N) is 2. The molecule has 23 heavy (non-hydrogen) atoms. The van der Waals surface area contributed by atoms with Gasteiger partial charge in [-0.2, -0.15) is 12.7 Å². The average molecular weight is 341 g/mol. The second-order valence-corrected chi connectivity index (χ2v) is 7.21. The van der Waals surface area contributed by atoms with E-state index in [2.05, 4.69) is 10.0 Å². The molecule has 128 valence electrons. The van der Waals surface area contributed by atoms with Crippen molar-refractivity contribution in [2.75, 3.05) is 32.1 Å². The van der Waals surface area contributed by atoms with Crippen molar-refractivity contribution >= 4 is 21.8 Å². The first kappa shape index (κ1) is 17.7. The molecule has 2 rings (SSSR count). The molecular formula is C15H23N3O4S. The Morgan fingerprint density at radius 2 is 2.04 bits per heavy atom. The SMILES string of the molecule is CCOc1cccc(NC(=O)C2CCN(S(=O)(=O)NC)CC2)c1. The molecule has 8 heteroatoms. The highest BCUT2D eigenvalue weighted by Gasteiger charge is 2.30. The van der Waals surface area contributed by atoms with E-state index in [1.165, 1.54) is 11.4 Å². The van der Waals surface area contributed by atoms with Gasteiger partial charge in [-0.15, -0.1) is 0 Å². The van der Waals surface area contributed by atoms with Crippen LogP contribution in [0.4, 0.5) is 5.69 Å². The molecule has 0 saturated carbocycles. The number of hydrogen-bond donors (Lipinski definition) is 2. The number of piperidine rings is 1. The smallest absolute Gasteiger partial charge is 0.279 e. The van der Waals surface area contributed by atoms with Crippen LogP contribution in [-0.2, 0) is 15.0 Å². The maximum atomic E-state index is 12.3. The third-order valence-electron chi connectivity index (χ3n) is 3.84. The molecule has 1 aromatic carbocycles. The number of benzene rings is 1. The predicted molar refractivity (Wildman–Crippen MR) is 88.5 cm³/mol. The lowest BCUT2D eigenvalue weighted by atomic mass is 9.97. The van der Waals surface area contributed by atoms with Gasteiger partial charge in [0.2, 0.25) is 5.91 Å². The lowest BCUT2D eigenvalue weighted by molar-refractivity contribution is -0.120. The van der Waals surface area contributed by atoms with Crippen LogP contribution in [0.3, 0.4) is 0 Å². The standard InChI is InChI=1S/C15H23N3O4S/c1-3-22-14-6-4-5-13(11-14)17-15(19)12-7-9-18(10-8-12)23(20,21)16-2/h4-6,11-12,16H,3,7-10H2,1-2H3,(H,17,19). The summed E-state index contributed by atoms with van der Waals surface area (Å²) in [5, 5.41) is 2.88. The van der Waals surface area contributed by atoms with Gasteiger partial charge in [-0.05, 0) is 31.9 Å². The fourth-order valence-electron chi connectivity index (χ4n) is 2.56. The molecule has 1 aromatic rings. The van der Waals surface area contributed by atoms with Crippen LogP contribution in [0, 0.1) is 5.92 Å². The van der Waals surface area contributed by atoms with Crippen molar-refractivity contribution in [2.24, 2.45) is 5.92 Å². The number of anilines is 1. The highest BCUT2D eigenvalue weighted by molar-refractivity contribution is 7.87. The van der Waals surface area contributed by atoms with Crippen LogP contribution in [0.1, 0.15) is 19.8 Å². The van der Waals surface area contributed by atoms with Gasteiger partial charge in [0.15, 0.2) is 0 Å². The summed E-state index contributed by atoms with van der Waals surface area (Å²) < 4.78 is 32.5. The minimum Gasteiger partial charge on any atom is -0.494 e. The number of ether oxygens (including phenoxy) is 1. The van der Waals surface area contributed by atoms with Gasteiger partial charge >= 0.3 is 0 Å². The van der Waals surface area contributed by atoms with Gasteiger partial charge in [-0.3, -0.25) is 4.79 Å². The average Bonchev–Trinajstić information content (AvgIpc) is 2.55. The molecule has 1 aliphatic rings. The Balaban J connectivity index is 1.92. The molecule has 0 atom stereocenters. The Hall–Kier alpha value is -1.64.